The molecule has 0 unspecified atom stereocenters. The maximum Gasteiger partial charge on any atom is 0.553 e. The van der Waals surface area contributed by atoms with Crippen LogP contribution in [-0.4, -0.2) is 36.6 Å². The summed E-state index contributed by atoms with van der Waals surface area (Å²) in [5.41, 5.74) is 0. The second-order valence-electron chi connectivity index (χ2n) is 4.12. The summed E-state index contributed by atoms with van der Waals surface area (Å²) in [5, 5.41) is 12.3. The first-order chi connectivity index (χ1) is 9.93. The quantitative estimate of drug-likeness (QED) is 0.154. The van der Waals surface area contributed by atoms with E-state index in [1.807, 2.05) is 13.8 Å². The number of ether oxygens (including phenoxy) is 3. The Kier molecular flexibility index (Phi) is 10.5. The molecule has 0 atom stereocenters. The molecule has 9 heteroatoms. The molecule has 21 heavy (non-hydrogen) atoms. The van der Waals surface area contributed by atoms with Gasteiger partial charge in [0.2, 0.25) is 0 Å². The SMILES string of the molecule is CCCCOC(C)(OCCCC)OOOC(=O)OC(=O)O. The third kappa shape index (κ3) is 11.0. The van der Waals surface area contributed by atoms with Crippen LogP contribution < -0.4 is 0 Å². The molecule has 0 aliphatic rings. The van der Waals surface area contributed by atoms with E-state index in [0.29, 0.717) is 13.2 Å². The highest BCUT2D eigenvalue weighted by molar-refractivity contribution is 5.75. The van der Waals surface area contributed by atoms with E-state index in [4.69, 9.17) is 19.5 Å². The van der Waals surface area contributed by atoms with Crippen LogP contribution in [0.15, 0.2) is 0 Å². The van der Waals surface area contributed by atoms with Crippen molar-refractivity contribution in [2.75, 3.05) is 13.2 Å². The van der Waals surface area contributed by atoms with Crippen LogP contribution in [0.5, 0.6) is 0 Å². The highest BCUT2D eigenvalue weighted by Gasteiger charge is 2.30. The third-order valence-electron chi connectivity index (χ3n) is 2.18. The zero-order valence-corrected chi connectivity index (χ0v) is 12.5. The van der Waals surface area contributed by atoms with Crippen molar-refractivity contribution in [2.24, 2.45) is 0 Å². The van der Waals surface area contributed by atoms with Gasteiger partial charge in [-0.25, -0.2) is 9.68 Å². The van der Waals surface area contributed by atoms with Crippen LogP contribution in [-0.2, 0) is 29.0 Å². The molecular formula is C12H22O9. The van der Waals surface area contributed by atoms with Gasteiger partial charge in [0.05, 0.1) is 13.2 Å². The standard InChI is InChI=1S/C12H22O9/c1-4-6-8-16-12(3,17-9-7-5-2)20-21-19-11(15)18-10(13)14/h4-9H2,1-3H3,(H,13,14). The van der Waals surface area contributed by atoms with Gasteiger partial charge in [-0.05, 0) is 17.9 Å². The first kappa shape index (κ1) is 19.6. The molecule has 0 spiro atoms. The fourth-order valence-corrected chi connectivity index (χ4v) is 1.09. The minimum absolute atomic E-state index is 0.349. The van der Waals surface area contributed by atoms with E-state index in [1.165, 1.54) is 6.92 Å². The van der Waals surface area contributed by atoms with Gasteiger partial charge in [-0.1, -0.05) is 26.7 Å². The largest absolute Gasteiger partial charge is 0.553 e. The van der Waals surface area contributed by atoms with Gasteiger partial charge < -0.3 is 19.3 Å². The Morgan fingerprint density at radius 1 is 1.05 bits per heavy atom. The van der Waals surface area contributed by atoms with Crippen LogP contribution in [0, 0.1) is 0 Å². The van der Waals surface area contributed by atoms with Gasteiger partial charge in [-0.2, -0.15) is 4.79 Å². The number of hydrogen-bond donors (Lipinski definition) is 1. The highest BCUT2D eigenvalue weighted by atomic mass is 17.5. The van der Waals surface area contributed by atoms with Crippen LogP contribution in [0.3, 0.4) is 0 Å². The molecule has 0 heterocycles. The molecule has 9 nitrogen and oxygen atoms in total. The Morgan fingerprint density at radius 3 is 2.00 bits per heavy atom. The molecule has 0 aliphatic carbocycles. The lowest BCUT2D eigenvalue weighted by Crippen LogP contribution is -2.37. The van der Waals surface area contributed by atoms with Crippen LogP contribution in [0.4, 0.5) is 9.59 Å². The number of rotatable bonds is 11. The molecule has 0 fully saturated rings. The maximum absolute atomic E-state index is 10.7. The van der Waals surface area contributed by atoms with E-state index >= 15 is 0 Å². The zero-order chi connectivity index (χ0) is 16.1. The van der Waals surface area contributed by atoms with Crippen molar-refractivity contribution < 1.29 is 43.7 Å². The van der Waals surface area contributed by atoms with Crippen LogP contribution >= 0.6 is 0 Å². The average Bonchev–Trinajstić information content (AvgIpc) is 2.38. The smallest absolute Gasteiger partial charge is 0.449 e. The van der Waals surface area contributed by atoms with E-state index in [9.17, 15) is 9.59 Å². The molecule has 0 aromatic carbocycles. The average molecular weight is 310 g/mol. The number of hydrogen-bond acceptors (Lipinski definition) is 8. The molecule has 0 rings (SSSR count). The summed E-state index contributed by atoms with van der Waals surface area (Å²) in [6.45, 7) is 6.11. The summed E-state index contributed by atoms with van der Waals surface area (Å²) >= 11 is 0. The van der Waals surface area contributed by atoms with Crippen molar-refractivity contribution in [3.05, 3.63) is 0 Å². The van der Waals surface area contributed by atoms with Crippen molar-refractivity contribution >= 4 is 12.3 Å². The molecule has 0 saturated carbocycles. The fraction of sp³-hybridized carbons (Fsp3) is 0.833. The van der Waals surface area contributed by atoms with Gasteiger partial charge in [-0.15, -0.1) is 4.89 Å². The Hall–Kier alpha value is -1.42. The molecular weight excluding hydrogens is 288 g/mol. The molecule has 0 saturated heterocycles. The lowest BCUT2D eigenvalue weighted by atomic mass is 10.3. The van der Waals surface area contributed by atoms with Crippen molar-refractivity contribution in [3.63, 3.8) is 0 Å². The summed E-state index contributed by atoms with van der Waals surface area (Å²) in [7, 11) is 0. The van der Waals surface area contributed by atoms with Gasteiger partial charge in [0.1, 0.15) is 0 Å². The molecule has 0 aliphatic heterocycles. The predicted molar refractivity (Wildman–Crippen MR) is 67.9 cm³/mol. The molecule has 124 valence electrons. The summed E-state index contributed by atoms with van der Waals surface area (Å²) in [6, 6.07) is 0. The molecule has 0 radical (unpaired) electrons. The summed E-state index contributed by atoms with van der Waals surface area (Å²) in [5.74, 6) is -1.58. The van der Waals surface area contributed by atoms with Crippen molar-refractivity contribution in [3.8, 4) is 0 Å². The molecule has 0 aromatic rings. The van der Waals surface area contributed by atoms with Crippen LogP contribution in [0.2, 0.25) is 0 Å². The Morgan fingerprint density at radius 2 is 1.57 bits per heavy atom. The minimum Gasteiger partial charge on any atom is -0.449 e. The predicted octanol–water partition coefficient (Wildman–Crippen LogP) is 2.99. The van der Waals surface area contributed by atoms with E-state index in [2.05, 4.69) is 14.7 Å². The summed E-state index contributed by atoms with van der Waals surface area (Å²) in [6.07, 6.45) is -0.0480. The number of unbranched alkanes of at least 4 members (excludes halogenated alkanes) is 2. The van der Waals surface area contributed by atoms with Gasteiger partial charge in [-0.3, -0.25) is 0 Å². The zero-order valence-electron chi connectivity index (χ0n) is 12.5. The fourth-order valence-electron chi connectivity index (χ4n) is 1.09. The lowest BCUT2D eigenvalue weighted by molar-refractivity contribution is -0.590. The first-order valence-electron chi connectivity index (χ1n) is 6.68. The Bertz CT molecular complexity index is 295. The van der Waals surface area contributed by atoms with Crippen molar-refractivity contribution in [1.82, 2.24) is 0 Å². The van der Waals surface area contributed by atoms with Gasteiger partial charge in [0, 0.05) is 6.92 Å². The van der Waals surface area contributed by atoms with E-state index in [0.717, 1.165) is 25.7 Å². The van der Waals surface area contributed by atoms with Gasteiger partial charge in [0.15, 0.2) is 0 Å². The third-order valence-corrected chi connectivity index (χ3v) is 2.18. The van der Waals surface area contributed by atoms with E-state index < -0.39 is 18.3 Å². The Labute approximate surface area is 122 Å². The molecule has 0 amide bonds. The minimum atomic E-state index is -1.83. The normalized spacial score (nSPS) is 11.2. The monoisotopic (exact) mass is 310 g/mol. The number of carbonyl (C=O) groups is 2. The van der Waals surface area contributed by atoms with Crippen LogP contribution in [0.1, 0.15) is 46.5 Å². The summed E-state index contributed by atoms with van der Waals surface area (Å²) < 4.78 is 14.4. The van der Waals surface area contributed by atoms with Gasteiger partial charge in [0.25, 0.3) is 0 Å². The number of carbonyl (C=O) groups excluding carboxylic acids is 1. The molecule has 0 aromatic heterocycles. The lowest BCUT2D eigenvalue weighted by Gasteiger charge is -2.26. The highest BCUT2D eigenvalue weighted by Crippen LogP contribution is 2.17. The first-order valence-corrected chi connectivity index (χ1v) is 6.68. The summed E-state index contributed by atoms with van der Waals surface area (Å²) in [4.78, 5) is 29.4. The maximum atomic E-state index is 10.7. The van der Waals surface area contributed by atoms with E-state index in [1.54, 1.807) is 0 Å². The van der Waals surface area contributed by atoms with Gasteiger partial charge >= 0.3 is 18.3 Å². The number of carboxylic acid groups (broad SMARTS) is 1. The molecule has 1 N–H and O–H groups in total. The van der Waals surface area contributed by atoms with E-state index in [-0.39, 0.29) is 0 Å². The van der Waals surface area contributed by atoms with Crippen LogP contribution in [0.25, 0.3) is 0 Å². The van der Waals surface area contributed by atoms with Crippen molar-refractivity contribution in [2.45, 2.75) is 52.4 Å². The molecule has 0 bridgehead atoms. The van der Waals surface area contributed by atoms with Crippen molar-refractivity contribution in [1.29, 1.82) is 0 Å². The Balaban J connectivity index is 4.18. The topological polar surface area (TPSA) is 110 Å². The second-order valence-corrected chi connectivity index (χ2v) is 4.12. The second kappa shape index (κ2) is 11.3.